The minimum absolute atomic E-state index is 0.791. The lowest BCUT2D eigenvalue weighted by Crippen LogP contribution is -2.03. The van der Waals surface area contributed by atoms with E-state index in [4.69, 9.17) is 5.73 Å². The second-order valence-electron chi connectivity index (χ2n) is 3.82. The molecule has 0 aromatic heterocycles. The maximum absolute atomic E-state index is 5.54. The summed E-state index contributed by atoms with van der Waals surface area (Å²) in [7, 11) is 0. The van der Waals surface area contributed by atoms with Crippen LogP contribution in [0.3, 0.4) is 0 Å². The fourth-order valence-corrected chi connectivity index (χ4v) is 2.09. The van der Waals surface area contributed by atoms with Crippen molar-refractivity contribution in [2.45, 2.75) is 25.7 Å². The molecule has 0 amide bonds. The molecule has 0 atom stereocenters. The van der Waals surface area contributed by atoms with Crippen LogP contribution < -0.4 is 5.73 Å². The van der Waals surface area contributed by atoms with Gasteiger partial charge in [-0.1, -0.05) is 30.3 Å². The average Bonchev–Trinajstić information content (AvgIpc) is 2.26. The van der Waals surface area contributed by atoms with Crippen LogP contribution in [0.2, 0.25) is 0 Å². The molecule has 1 aliphatic rings. The molecule has 0 unspecified atom stereocenters. The van der Waals surface area contributed by atoms with Gasteiger partial charge in [0, 0.05) is 0 Å². The molecule has 1 aliphatic carbocycles. The van der Waals surface area contributed by atoms with Gasteiger partial charge in [0.15, 0.2) is 0 Å². The van der Waals surface area contributed by atoms with E-state index in [-0.39, 0.29) is 0 Å². The van der Waals surface area contributed by atoms with Gasteiger partial charge in [0.1, 0.15) is 0 Å². The molecule has 1 aromatic carbocycles. The molecule has 0 saturated carbocycles. The molecular formula is C13H17N. The van der Waals surface area contributed by atoms with E-state index in [0.717, 1.165) is 19.4 Å². The minimum atomic E-state index is 0.791. The molecule has 0 fully saturated rings. The Labute approximate surface area is 85.6 Å². The maximum atomic E-state index is 5.54. The van der Waals surface area contributed by atoms with Crippen LogP contribution in [0.5, 0.6) is 0 Å². The summed E-state index contributed by atoms with van der Waals surface area (Å²) in [5.41, 5.74) is 9.99. The molecule has 2 rings (SSSR count). The molecule has 1 aromatic rings. The van der Waals surface area contributed by atoms with Gasteiger partial charge < -0.3 is 5.73 Å². The van der Waals surface area contributed by atoms with Crippen molar-refractivity contribution in [3.05, 3.63) is 41.5 Å². The summed E-state index contributed by atoms with van der Waals surface area (Å²) in [5, 5.41) is 0. The highest BCUT2D eigenvalue weighted by Gasteiger charge is 2.10. The van der Waals surface area contributed by atoms with E-state index in [0.29, 0.717) is 0 Å². The van der Waals surface area contributed by atoms with Crippen molar-refractivity contribution in [2.75, 3.05) is 6.54 Å². The number of aryl methyl sites for hydroxylation is 1. The van der Waals surface area contributed by atoms with Crippen LogP contribution in [0.1, 0.15) is 30.4 Å². The minimum Gasteiger partial charge on any atom is -0.330 e. The molecule has 74 valence electrons. The second kappa shape index (κ2) is 4.43. The monoisotopic (exact) mass is 187 g/mol. The Morgan fingerprint density at radius 1 is 1.21 bits per heavy atom. The summed E-state index contributed by atoms with van der Waals surface area (Å²) in [6.45, 7) is 0.791. The highest BCUT2D eigenvalue weighted by atomic mass is 14.5. The third-order valence-electron chi connectivity index (χ3n) is 2.82. The molecule has 0 bridgehead atoms. The Balaban J connectivity index is 2.22. The number of allylic oxidation sites excluding steroid dienone is 2. The van der Waals surface area contributed by atoms with Gasteiger partial charge in [0.2, 0.25) is 0 Å². The zero-order valence-corrected chi connectivity index (χ0v) is 8.50. The van der Waals surface area contributed by atoms with Crippen LogP contribution in [0.15, 0.2) is 30.3 Å². The summed E-state index contributed by atoms with van der Waals surface area (Å²) in [5.74, 6) is 0. The number of hydrogen-bond donors (Lipinski definition) is 1. The second-order valence-corrected chi connectivity index (χ2v) is 3.82. The number of benzene rings is 1. The van der Waals surface area contributed by atoms with Gasteiger partial charge in [-0.25, -0.2) is 0 Å². The van der Waals surface area contributed by atoms with Gasteiger partial charge in [-0.2, -0.15) is 0 Å². The highest BCUT2D eigenvalue weighted by molar-refractivity contribution is 5.69. The molecular weight excluding hydrogens is 170 g/mol. The van der Waals surface area contributed by atoms with Crippen molar-refractivity contribution in [2.24, 2.45) is 5.73 Å². The average molecular weight is 187 g/mol. The Hall–Kier alpha value is -1.08. The van der Waals surface area contributed by atoms with Crippen LogP contribution in [0, 0.1) is 0 Å². The van der Waals surface area contributed by atoms with Crippen LogP contribution in [-0.2, 0) is 6.42 Å². The van der Waals surface area contributed by atoms with Gasteiger partial charge >= 0.3 is 0 Å². The molecule has 1 nitrogen and oxygen atoms in total. The first-order valence-electron chi connectivity index (χ1n) is 5.39. The van der Waals surface area contributed by atoms with E-state index in [1.165, 1.54) is 29.5 Å². The third kappa shape index (κ3) is 1.88. The predicted octanol–water partition coefficient (Wildman–Crippen LogP) is 2.76. The van der Waals surface area contributed by atoms with E-state index >= 15 is 0 Å². The van der Waals surface area contributed by atoms with Gasteiger partial charge in [-0.3, -0.25) is 0 Å². The van der Waals surface area contributed by atoms with E-state index in [1.54, 1.807) is 0 Å². The van der Waals surface area contributed by atoms with Crippen molar-refractivity contribution in [3.63, 3.8) is 0 Å². The number of nitrogens with two attached hydrogens (primary N) is 1. The summed E-state index contributed by atoms with van der Waals surface area (Å²) in [6.07, 6.45) is 6.99. The van der Waals surface area contributed by atoms with Gasteiger partial charge in [0.25, 0.3) is 0 Å². The zero-order chi connectivity index (χ0) is 9.80. The molecule has 0 saturated heterocycles. The zero-order valence-electron chi connectivity index (χ0n) is 8.50. The molecule has 0 aliphatic heterocycles. The largest absolute Gasteiger partial charge is 0.330 e. The highest BCUT2D eigenvalue weighted by Crippen LogP contribution is 2.28. The smallest absolute Gasteiger partial charge is 0.00741 e. The molecule has 2 N–H and O–H groups in total. The van der Waals surface area contributed by atoms with Crippen molar-refractivity contribution in [1.29, 1.82) is 0 Å². The summed E-state index contributed by atoms with van der Waals surface area (Å²) in [4.78, 5) is 0. The van der Waals surface area contributed by atoms with Crippen LogP contribution in [0.4, 0.5) is 0 Å². The Kier molecular flexibility index (Phi) is 3.00. The first kappa shape index (κ1) is 9.47. The number of hydrogen-bond acceptors (Lipinski definition) is 1. The maximum Gasteiger partial charge on any atom is -0.00741 e. The fraction of sp³-hybridized carbons (Fsp3) is 0.385. The van der Waals surface area contributed by atoms with Crippen LogP contribution >= 0.6 is 0 Å². The third-order valence-corrected chi connectivity index (χ3v) is 2.82. The first-order valence-corrected chi connectivity index (χ1v) is 5.39. The van der Waals surface area contributed by atoms with Crippen LogP contribution in [-0.4, -0.2) is 6.54 Å². The van der Waals surface area contributed by atoms with Gasteiger partial charge in [0.05, 0.1) is 0 Å². The lowest BCUT2D eigenvalue weighted by atomic mass is 9.89. The van der Waals surface area contributed by atoms with Gasteiger partial charge in [-0.05, 0) is 48.9 Å². The summed E-state index contributed by atoms with van der Waals surface area (Å²) >= 11 is 0. The van der Waals surface area contributed by atoms with Crippen molar-refractivity contribution < 1.29 is 0 Å². The van der Waals surface area contributed by atoms with E-state index < -0.39 is 0 Å². The molecule has 0 spiro atoms. The Bertz CT molecular complexity index is 339. The molecule has 14 heavy (non-hydrogen) atoms. The first-order chi connectivity index (χ1) is 6.92. The van der Waals surface area contributed by atoms with E-state index in [1.807, 2.05) is 0 Å². The quantitative estimate of drug-likeness (QED) is 0.773. The predicted molar refractivity (Wildman–Crippen MR) is 61.0 cm³/mol. The Morgan fingerprint density at radius 3 is 2.93 bits per heavy atom. The lowest BCUT2D eigenvalue weighted by molar-refractivity contribution is 0.851. The van der Waals surface area contributed by atoms with E-state index in [2.05, 4.69) is 30.3 Å². The standard InChI is InChI=1S/C13H17N/c14-10-4-8-12-7-3-6-11-5-1-2-9-13(11)12/h1-2,5,7,9H,3-4,6,8,10,14H2. The number of fused-ring (bicyclic) bond motifs is 1. The molecule has 0 heterocycles. The number of rotatable bonds is 3. The normalized spacial score (nSPS) is 14.8. The van der Waals surface area contributed by atoms with Gasteiger partial charge in [-0.15, -0.1) is 0 Å². The SMILES string of the molecule is NCCCC1=CCCc2ccccc21. The van der Waals surface area contributed by atoms with Crippen molar-refractivity contribution >= 4 is 5.57 Å². The summed E-state index contributed by atoms with van der Waals surface area (Å²) in [6, 6.07) is 8.73. The topological polar surface area (TPSA) is 26.0 Å². The van der Waals surface area contributed by atoms with Crippen LogP contribution in [0.25, 0.3) is 5.57 Å². The van der Waals surface area contributed by atoms with E-state index in [9.17, 15) is 0 Å². The summed E-state index contributed by atoms with van der Waals surface area (Å²) < 4.78 is 0. The van der Waals surface area contributed by atoms with Crippen molar-refractivity contribution in [1.82, 2.24) is 0 Å². The molecule has 0 radical (unpaired) electrons. The Morgan fingerprint density at radius 2 is 2.07 bits per heavy atom. The van der Waals surface area contributed by atoms with Crippen molar-refractivity contribution in [3.8, 4) is 0 Å². The fourth-order valence-electron chi connectivity index (χ4n) is 2.09. The molecule has 1 heteroatoms. The lowest BCUT2D eigenvalue weighted by Gasteiger charge is -2.17.